The minimum absolute atomic E-state index is 0.116. The summed E-state index contributed by atoms with van der Waals surface area (Å²) in [7, 11) is 3.25. The van der Waals surface area contributed by atoms with Crippen molar-refractivity contribution in [2.75, 3.05) is 14.2 Å². The molecule has 134 valence electrons. The van der Waals surface area contributed by atoms with Crippen molar-refractivity contribution in [2.45, 2.75) is 26.2 Å². The summed E-state index contributed by atoms with van der Waals surface area (Å²) in [5, 5.41) is 0. The number of hydrogen-bond acceptors (Lipinski definition) is 3. The van der Waals surface area contributed by atoms with Gasteiger partial charge in [0.2, 0.25) is 0 Å². The first-order valence-electron chi connectivity index (χ1n) is 8.86. The zero-order chi connectivity index (χ0) is 18.5. The summed E-state index contributed by atoms with van der Waals surface area (Å²) in [6.07, 6.45) is 6.47. The highest BCUT2D eigenvalue weighted by molar-refractivity contribution is 6.14. The highest BCUT2D eigenvalue weighted by Gasteiger charge is 2.21. The van der Waals surface area contributed by atoms with E-state index in [0.717, 1.165) is 41.5 Å². The summed E-state index contributed by atoms with van der Waals surface area (Å²) in [5.41, 5.74) is 4.76. The zero-order valence-electron chi connectivity index (χ0n) is 15.5. The monoisotopic (exact) mass is 348 g/mol. The van der Waals surface area contributed by atoms with E-state index in [4.69, 9.17) is 9.47 Å². The van der Waals surface area contributed by atoms with Crippen LogP contribution in [-0.4, -0.2) is 20.0 Å². The Labute approximate surface area is 155 Å². The van der Waals surface area contributed by atoms with Crippen LogP contribution >= 0.6 is 0 Å². The molecule has 1 aliphatic carbocycles. The number of carbonyl (C=O) groups excluding carboxylic acids is 1. The highest BCUT2D eigenvalue weighted by Crippen LogP contribution is 2.34. The number of hydrogen-bond donors (Lipinski definition) is 0. The maximum atomic E-state index is 13.0. The lowest BCUT2D eigenvalue weighted by molar-refractivity contribution is -0.112. The molecule has 1 aliphatic rings. The van der Waals surface area contributed by atoms with Crippen LogP contribution in [0.1, 0.15) is 36.0 Å². The lowest BCUT2D eigenvalue weighted by atomic mass is 9.86. The van der Waals surface area contributed by atoms with E-state index in [-0.39, 0.29) is 5.78 Å². The highest BCUT2D eigenvalue weighted by atomic mass is 16.5. The van der Waals surface area contributed by atoms with Crippen LogP contribution in [0.15, 0.2) is 53.6 Å². The van der Waals surface area contributed by atoms with Crippen LogP contribution in [0.5, 0.6) is 11.5 Å². The van der Waals surface area contributed by atoms with E-state index in [0.29, 0.717) is 11.5 Å². The van der Waals surface area contributed by atoms with Crippen molar-refractivity contribution in [3.63, 3.8) is 0 Å². The number of allylic oxidation sites excluding steroid dienone is 2. The fraction of sp³-hybridized carbons (Fsp3) is 0.261. The Morgan fingerprint density at radius 2 is 1.42 bits per heavy atom. The Morgan fingerprint density at radius 1 is 0.846 bits per heavy atom. The summed E-state index contributed by atoms with van der Waals surface area (Å²) < 4.78 is 10.9. The Kier molecular flexibility index (Phi) is 5.57. The van der Waals surface area contributed by atoms with Crippen molar-refractivity contribution in [1.82, 2.24) is 0 Å². The van der Waals surface area contributed by atoms with E-state index >= 15 is 0 Å². The van der Waals surface area contributed by atoms with Crippen molar-refractivity contribution < 1.29 is 14.3 Å². The van der Waals surface area contributed by atoms with Crippen LogP contribution in [0.4, 0.5) is 0 Å². The van der Waals surface area contributed by atoms with Crippen molar-refractivity contribution in [3.8, 4) is 11.5 Å². The van der Waals surface area contributed by atoms with E-state index in [1.54, 1.807) is 14.2 Å². The molecule has 0 heterocycles. The van der Waals surface area contributed by atoms with Crippen LogP contribution < -0.4 is 9.47 Å². The number of ether oxygens (including phenoxy) is 2. The molecule has 1 saturated carbocycles. The molecular weight excluding hydrogens is 324 g/mol. The third-order valence-electron chi connectivity index (χ3n) is 4.68. The van der Waals surface area contributed by atoms with Gasteiger partial charge >= 0.3 is 0 Å². The molecule has 0 bridgehead atoms. The predicted octanol–water partition coefficient (Wildman–Crippen LogP) is 5.23. The molecule has 0 saturated heterocycles. The van der Waals surface area contributed by atoms with Gasteiger partial charge in [0.1, 0.15) is 11.5 Å². The average Bonchev–Trinajstić information content (AvgIpc) is 2.66. The number of Topliss-reactive ketones (excluding diaryl/α,β-unsaturated/α-hetero) is 1. The smallest absolute Gasteiger partial charge is 0.185 e. The zero-order valence-corrected chi connectivity index (χ0v) is 15.5. The molecule has 0 amide bonds. The predicted molar refractivity (Wildman–Crippen MR) is 106 cm³/mol. The molecule has 0 aliphatic heterocycles. The Balaban J connectivity index is 1.95. The Bertz CT molecular complexity index is 835. The molecule has 0 radical (unpaired) electrons. The molecule has 2 aromatic rings. The van der Waals surface area contributed by atoms with E-state index < -0.39 is 0 Å². The van der Waals surface area contributed by atoms with Gasteiger partial charge < -0.3 is 9.47 Å². The first-order chi connectivity index (χ1) is 12.6. The van der Waals surface area contributed by atoms with Gasteiger partial charge in [-0.15, -0.1) is 0 Å². The number of carbonyl (C=O) groups is 1. The van der Waals surface area contributed by atoms with Gasteiger partial charge in [0.05, 0.1) is 19.8 Å². The van der Waals surface area contributed by atoms with Gasteiger partial charge in [0.15, 0.2) is 5.78 Å². The number of ketones is 1. The summed E-state index contributed by atoms with van der Waals surface area (Å²) in [4.78, 5) is 13.0. The molecule has 2 aromatic carbocycles. The molecule has 0 spiro atoms. The third-order valence-corrected chi connectivity index (χ3v) is 4.68. The molecular formula is C23H24O3. The minimum atomic E-state index is 0.116. The van der Waals surface area contributed by atoms with Gasteiger partial charge in [-0.2, -0.15) is 0 Å². The standard InChI is InChI=1S/C23H24O3/c1-16-10-12-17(13-11-16)14-18-6-4-7-19(23(18)24)15-20-21(25-2)8-5-9-22(20)26-3/h5,8-15H,4,6-7H2,1-3H3/b18-14+,19-15+. The molecule has 3 rings (SSSR count). The molecule has 0 N–H and O–H groups in total. The summed E-state index contributed by atoms with van der Waals surface area (Å²) in [6.45, 7) is 2.06. The topological polar surface area (TPSA) is 35.5 Å². The second kappa shape index (κ2) is 8.05. The first-order valence-corrected chi connectivity index (χ1v) is 8.86. The van der Waals surface area contributed by atoms with Gasteiger partial charge in [-0.3, -0.25) is 4.79 Å². The second-order valence-electron chi connectivity index (χ2n) is 6.51. The number of rotatable bonds is 4. The molecule has 1 fully saturated rings. The van der Waals surface area contributed by atoms with Gasteiger partial charge in [-0.1, -0.05) is 35.9 Å². The molecule has 26 heavy (non-hydrogen) atoms. The number of benzene rings is 2. The largest absolute Gasteiger partial charge is 0.496 e. The minimum Gasteiger partial charge on any atom is -0.496 e. The third kappa shape index (κ3) is 3.88. The number of aryl methyl sites for hydroxylation is 1. The van der Waals surface area contributed by atoms with Gasteiger partial charge in [-0.05, 0) is 56.0 Å². The van der Waals surface area contributed by atoms with Crippen molar-refractivity contribution in [2.24, 2.45) is 0 Å². The molecule has 0 aromatic heterocycles. The van der Waals surface area contributed by atoms with Crippen LogP contribution in [0, 0.1) is 6.92 Å². The molecule has 3 nitrogen and oxygen atoms in total. The number of methoxy groups -OCH3 is 2. The fourth-order valence-corrected chi connectivity index (χ4v) is 3.24. The van der Waals surface area contributed by atoms with E-state index in [2.05, 4.69) is 31.2 Å². The van der Waals surface area contributed by atoms with Crippen molar-refractivity contribution in [1.29, 1.82) is 0 Å². The first kappa shape index (κ1) is 18.0. The SMILES string of the molecule is COc1cccc(OC)c1/C=C1\CCC/C(=C\c2ccc(C)cc2)C1=O. The van der Waals surface area contributed by atoms with Gasteiger partial charge in [0, 0.05) is 11.1 Å². The van der Waals surface area contributed by atoms with Crippen LogP contribution in [0.3, 0.4) is 0 Å². The summed E-state index contributed by atoms with van der Waals surface area (Å²) >= 11 is 0. The van der Waals surface area contributed by atoms with E-state index in [1.165, 1.54) is 5.56 Å². The fourth-order valence-electron chi connectivity index (χ4n) is 3.24. The maximum absolute atomic E-state index is 13.0. The summed E-state index contributed by atoms with van der Waals surface area (Å²) in [6, 6.07) is 13.9. The normalized spacial score (nSPS) is 17.6. The van der Waals surface area contributed by atoms with Gasteiger partial charge in [0.25, 0.3) is 0 Å². The van der Waals surface area contributed by atoms with Crippen LogP contribution in [0.25, 0.3) is 12.2 Å². The quantitative estimate of drug-likeness (QED) is 0.710. The second-order valence-corrected chi connectivity index (χ2v) is 6.51. The van der Waals surface area contributed by atoms with E-state index in [9.17, 15) is 4.79 Å². The van der Waals surface area contributed by atoms with Gasteiger partial charge in [-0.25, -0.2) is 0 Å². The Hall–Kier alpha value is -2.81. The summed E-state index contributed by atoms with van der Waals surface area (Å²) in [5.74, 6) is 1.53. The van der Waals surface area contributed by atoms with Crippen LogP contribution in [0.2, 0.25) is 0 Å². The Morgan fingerprint density at radius 3 is 2.00 bits per heavy atom. The van der Waals surface area contributed by atoms with Crippen LogP contribution in [-0.2, 0) is 4.79 Å². The lowest BCUT2D eigenvalue weighted by Gasteiger charge is -2.18. The molecule has 3 heteroatoms. The molecule has 0 atom stereocenters. The van der Waals surface area contributed by atoms with Crippen molar-refractivity contribution in [3.05, 3.63) is 70.3 Å². The van der Waals surface area contributed by atoms with E-state index in [1.807, 2.05) is 30.4 Å². The van der Waals surface area contributed by atoms with Crippen molar-refractivity contribution >= 4 is 17.9 Å². The maximum Gasteiger partial charge on any atom is 0.185 e. The lowest BCUT2D eigenvalue weighted by Crippen LogP contribution is -2.12. The average molecular weight is 348 g/mol. The molecule has 0 unspecified atom stereocenters.